The Labute approximate surface area is 119 Å². The van der Waals surface area contributed by atoms with E-state index in [4.69, 9.17) is 12.2 Å². The fourth-order valence-electron chi connectivity index (χ4n) is 3.22. The molecule has 0 amide bonds. The SMILES string of the molecule is CNC(=S)N1C(C)Cc2c([nH]c3ccccc23)C1C. The summed E-state index contributed by atoms with van der Waals surface area (Å²) in [4.78, 5) is 5.85. The predicted molar refractivity (Wildman–Crippen MR) is 83.4 cm³/mol. The molecule has 2 aromatic rings. The Kier molecular flexibility index (Phi) is 2.97. The monoisotopic (exact) mass is 273 g/mol. The third-order valence-electron chi connectivity index (χ3n) is 4.10. The van der Waals surface area contributed by atoms with Crippen LogP contribution < -0.4 is 5.32 Å². The third-order valence-corrected chi connectivity index (χ3v) is 4.52. The van der Waals surface area contributed by atoms with Crippen LogP contribution in [0.2, 0.25) is 0 Å². The van der Waals surface area contributed by atoms with Gasteiger partial charge in [-0.3, -0.25) is 0 Å². The fraction of sp³-hybridized carbons (Fsp3) is 0.400. The fourth-order valence-corrected chi connectivity index (χ4v) is 3.56. The molecule has 2 N–H and O–H groups in total. The van der Waals surface area contributed by atoms with Crippen LogP contribution in [-0.2, 0) is 6.42 Å². The van der Waals surface area contributed by atoms with E-state index in [0.29, 0.717) is 6.04 Å². The van der Waals surface area contributed by atoms with Crippen molar-refractivity contribution in [2.24, 2.45) is 0 Å². The maximum Gasteiger partial charge on any atom is 0.169 e. The number of para-hydroxylation sites is 1. The van der Waals surface area contributed by atoms with Crippen LogP contribution in [0.15, 0.2) is 24.3 Å². The number of hydrogen-bond acceptors (Lipinski definition) is 1. The van der Waals surface area contributed by atoms with Gasteiger partial charge in [0.2, 0.25) is 0 Å². The van der Waals surface area contributed by atoms with Crippen LogP contribution in [0, 0.1) is 0 Å². The van der Waals surface area contributed by atoms with Crippen LogP contribution in [-0.4, -0.2) is 28.1 Å². The number of aromatic nitrogens is 1. The summed E-state index contributed by atoms with van der Waals surface area (Å²) in [5, 5.41) is 5.28. The molecule has 100 valence electrons. The molecule has 1 aromatic carbocycles. The number of benzene rings is 1. The zero-order chi connectivity index (χ0) is 13.6. The van der Waals surface area contributed by atoms with Gasteiger partial charge in [0.1, 0.15) is 0 Å². The summed E-state index contributed by atoms with van der Waals surface area (Å²) < 4.78 is 0. The first-order valence-electron chi connectivity index (χ1n) is 6.73. The number of aromatic amines is 1. The Morgan fingerprint density at radius 3 is 2.84 bits per heavy atom. The first-order chi connectivity index (χ1) is 9.13. The molecule has 2 atom stereocenters. The molecule has 0 radical (unpaired) electrons. The maximum atomic E-state index is 5.44. The second-order valence-electron chi connectivity index (χ2n) is 5.25. The molecular formula is C15H19N3S. The molecule has 1 aromatic heterocycles. The average Bonchev–Trinajstić information content (AvgIpc) is 2.78. The molecule has 0 aliphatic carbocycles. The highest BCUT2D eigenvalue weighted by Gasteiger charge is 2.32. The van der Waals surface area contributed by atoms with Crippen LogP contribution in [0.3, 0.4) is 0 Å². The number of nitrogens with one attached hydrogen (secondary N) is 2. The van der Waals surface area contributed by atoms with Crippen LogP contribution in [0.5, 0.6) is 0 Å². The first kappa shape index (κ1) is 12.5. The lowest BCUT2D eigenvalue weighted by Crippen LogP contribution is -2.48. The maximum absolute atomic E-state index is 5.44. The Balaban J connectivity index is 2.13. The van der Waals surface area contributed by atoms with Gasteiger partial charge in [-0.25, -0.2) is 0 Å². The normalized spacial score (nSPS) is 22.4. The van der Waals surface area contributed by atoms with Crippen LogP contribution in [0.4, 0.5) is 0 Å². The van der Waals surface area contributed by atoms with Gasteiger partial charge in [0.15, 0.2) is 5.11 Å². The Bertz CT molecular complexity index is 631. The second kappa shape index (κ2) is 4.53. The molecule has 19 heavy (non-hydrogen) atoms. The Hall–Kier alpha value is -1.55. The van der Waals surface area contributed by atoms with Crippen molar-refractivity contribution in [2.45, 2.75) is 32.4 Å². The molecule has 1 aliphatic heterocycles. The van der Waals surface area contributed by atoms with Gasteiger partial charge in [0, 0.05) is 29.7 Å². The van der Waals surface area contributed by atoms with Crippen molar-refractivity contribution in [3.63, 3.8) is 0 Å². The number of hydrogen-bond donors (Lipinski definition) is 2. The zero-order valence-corrected chi connectivity index (χ0v) is 12.3. The molecule has 0 fully saturated rings. The van der Waals surface area contributed by atoms with Gasteiger partial charge in [0.05, 0.1) is 6.04 Å². The number of rotatable bonds is 0. The van der Waals surface area contributed by atoms with E-state index in [0.717, 1.165) is 11.5 Å². The molecule has 2 heterocycles. The highest BCUT2D eigenvalue weighted by molar-refractivity contribution is 7.80. The summed E-state index contributed by atoms with van der Waals surface area (Å²) in [5.74, 6) is 0. The molecule has 2 unspecified atom stereocenters. The zero-order valence-electron chi connectivity index (χ0n) is 11.5. The first-order valence-corrected chi connectivity index (χ1v) is 7.13. The van der Waals surface area contributed by atoms with Crippen molar-refractivity contribution in [2.75, 3.05) is 7.05 Å². The van der Waals surface area contributed by atoms with Gasteiger partial charge in [-0.15, -0.1) is 0 Å². The molecule has 0 saturated heterocycles. The van der Waals surface area contributed by atoms with Gasteiger partial charge in [-0.2, -0.15) is 0 Å². The summed E-state index contributed by atoms with van der Waals surface area (Å²) in [5.41, 5.74) is 3.98. The van der Waals surface area contributed by atoms with Crippen molar-refractivity contribution < 1.29 is 0 Å². The van der Waals surface area contributed by atoms with Gasteiger partial charge in [-0.1, -0.05) is 18.2 Å². The number of H-pyrrole nitrogens is 1. The summed E-state index contributed by atoms with van der Waals surface area (Å²) >= 11 is 5.44. The molecule has 3 nitrogen and oxygen atoms in total. The van der Waals surface area contributed by atoms with E-state index >= 15 is 0 Å². The summed E-state index contributed by atoms with van der Waals surface area (Å²) in [6, 6.07) is 9.24. The van der Waals surface area contributed by atoms with E-state index < -0.39 is 0 Å². The lowest BCUT2D eigenvalue weighted by molar-refractivity contribution is 0.239. The minimum Gasteiger partial charge on any atom is -0.366 e. The highest BCUT2D eigenvalue weighted by Crippen LogP contribution is 2.36. The van der Waals surface area contributed by atoms with E-state index in [2.05, 4.69) is 53.3 Å². The van der Waals surface area contributed by atoms with Crippen molar-refractivity contribution in [1.82, 2.24) is 15.2 Å². The molecule has 0 bridgehead atoms. The topological polar surface area (TPSA) is 31.1 Å². The van der Waals surface area contributed by atoms with Crippen LogP contribution in [0.1, 0.15) is 31.1 Å². The summed E-state index contributed by atoms with van der Waals surface area (Å²) in [6.45, 7) is 4.46. The lowest BCUT2D eigenvalue weighted by Gasteiger charge is -2.40. The average molecular weight is 273 g/mol. The predicted octanol–water partition coefficient (Wildman–Crippen LogP) is 2.98. The smallest absolute Gasteiger partial charge is 0.169 e. The third kappa shape index (κ3) is 1.82. The van der Waals surface area contributed by atoms with Crippen molar-refractivity contribution >= 4 is 28.2 Å². The minimum atomic E-state index is 0.283. The molecule has 0 spiro atoms. The molecular weight excluding hydrogens is 254 g/mol. The molecule has 0 saturated carbocycles. The van der Waals surface area contributed by atoms with E-state index in [1.54, 1.807) is 0 Å². The Morgan fingerprint density at radius 1 is 1.37 bits per heavy atom. The molecule has 4 heteroatoms. The quantitative estimate of drug-likeness (QED) is 0.724. The van der Waals surface area contributed by atoms with E-state index in [9.17, 15) is 0 Å². The second-order valence-corrected chi connectivity index (χ2v) is 5.64. The van der Waals surface area contributed by atoms with Crippen molar-refractivity contribution in [1.29, 1.82) is 0 Å². The molecule has 1 aliphatic rings. The molecule has 3 rings (SSSR count). The number of nitrogens with zero attached hydrogens (tertiary/aromatic N) is 1. The van der Waals surface area contributed by atoms with Crippen molar-refractivity contribution in [3.8, 4) is 0 Å². The lowest BCUT2D eigenvalue weighted by atomic mass is 9.93. The number of fused-ring (bicyclic) bond motifs is 3. The summed E-state index contributed by atoms with van der Waals surface area (Å²) in [7, 11) is 1.89. The van der Waals surface area contributed by atoms with Crippen LogP contribution in [0.25, 0.3) is 10.9 Å². The van der Waals surface area contributed by atoms with Gasteiger partial charge < -0.3 is 15.2 Å². The minimum absolute atomic E-state index is 0.283. The highest BCUT2D eigenvalue weighted by atomic mass is 32.1. The van der Waals surface area contributed by atoms with Gasteiger partial charge in [-0.05, 0) is 44.1 Å². The van der Waals surface area contributed by atoms with Gasteiger partial charge in [0.25, 0.3) is 0 Å². The number of thiocarbonyl (C=S) groups is 1. The van der Waals surface area contributed by atoms with E-state index in [-0.39, 0.29) is 6.04 Å². The standard InChI is InChI=1S/C15H19N3S/c1-9-8-12-11-6-4-5-7-13(11)17-14(12)10(2)18(9)15(19)16-3/h4-7,9-10,17H,8H2,1-3H3,(H,16,19). The largest absolute Gasteiger partial charge is 0.366 e. The van der Waals surface area contributed by atoms with Gasteiger partial charge >= 0.3 is 0 Å². The van der Waals surface area contributed by atoms with Crippen molar-refractivity contribution in [3.05, 3.63) is 35.5 Å². The van der Waals surface area contributed by atoms with E-state index in [1.807, 2.05) is 7.05 Å². The van der Waals surface area contributed by atoms with E-state index in [1.165, 1.54) is 22.2 Å². The summed E-state index contributed by atoms with van der Waals surface area (Å²) in [6.07, 6.45) is 1.03. The van der Waals surface area contributed by atoms with Crippen LogP contribution >= 0.6 is 12.2 Å². The Morgan fingerprint density at radius 2 is 2.11 bits per heavy atom.